The Bertz CT molecular complexity index is 1110. The van der Waals surface area contributed by atoms with E-state index in [-0.39, 0.29) is 12.2 Å². The molecule has 0 fully saturated rings. The largest absolute Gasteiger partial charge is 0.481 e. The van der Waals surface area contributed by atoms with Gasteiger partial charge in [-0.25, -0.2) is 9.37 Å². The van der Waals surface area contributed by atoms with Crippen molar-refractivity contribution in [3.05, 3.63) is 77.2 Å². The van der Waals surface area contributed by atoms with Crippen LogP contribution < -0.4 is 0 Å². The first-order valence-corrected chi connectivity index (χ1v) is 9.04. The molecule has 0 unspecified atom stereocenters. The number of nitrogens with zero attached hydrogens (tertiary/aromatic N) is 1. The molecule has 0 aliphatic carbocycles. The van der Waals surface area contributed by atoms with Crippen LogP contribution in [0.25, 0.3) is 33.2 Å². The number of carbonyl (C=O) groups is 1. The molecule has 0 bridgehead atoms. The lowest BCUT2D eigenvalue weighted by Gasteiger charge is -2.00. The maximum atomic E-state index is 13.1. The van der Waals surface area contributed by atoms with E-state index >= 15 is 0 Å². The minimum absolute atomic E-state index is 0.160. The molecular formula is C21H14FNO3S. The zero-order chi connectivity index (χ0) is 18.8. The van der Waals surface area contributed by atoms with Gasteiger partial charge in [-0.05, 0) is 54.6 Å². The van der Waals surface area contributed by atoms with Crippen molar-refractivity contribution in [3.63, 3.8) is 0 Å². The molecule has 6 heteroatoms. The molecule has 2 aromatic heterocycles. The third kappa shape index (κ3) is 3.80. The molecule has 134 valence electrons. The number of halogens is 1. The second-order valence-corrected chi connectivity index (χ2v) is 6.97. The summed E-state index contributed by atoms with van der Waals surface area (Å²) in [5, 5.41) is 9.93. The van der Waals surface area contributed by atoms with Crippen molar-refractivity contribution < 1.29 is 18.7 Å². The minimum Gasteiger partial charge on any atom is -0.481 e. The highest BCUT2D eigenvalue weighted by molar-refractivity contribution is 7.19. The Morgan fingerprint density at radius 1 is 1.11 bits per heavy atom. The Labute approximate surface area is 158 Å². The van der Waals surface area contributed by atoms with Gasteiger partial charge in [0.2, 0.25) is 0 Å². The van der Waals surface area contributed by atoms with Gasteiger partial charge >= 0.3 is 5.97 Å². The van der Waals surface area contributed by atoms with Gasteiger partial charge in [-0.2, -0.15) is 0 Å². The number of thiazole rings is 1. The predicted octanol–water partition coefficient (Wildman–Crippen LogP) is 5.71. The molecule has 0 atom stereocenters. The van der Waals surface area contributed by atoms with E-state index in [1.165, 1.54) is 23.5 Å². The van der Waals surface area contributed by atoms with E-state index in [2.05, 4.69) is 4.98 Å². The monoisotopic (exact) mass is 379 g/mol. The third-order valence-corrected chi connectivity index (χ3v) is 5.09. The minimum atomic E-state index is -0.939. The smallest absolute Gasteiger partial charge is 0.307 e. The Hall–Kier alpha value is -3.25. The van der Waals surface area contributed by atoms with E-state index in [0.29, 0.717) is 22.1 Å². The molecule has 0 aliphatic heterocycles. The van der Waals surface area contributed by atoms with E-state index in [1.807, 2.05) is 24.3 Å². The second-order valence-electron chi connectivity index (χ2n) is 5.94. The lowest BCUT2D eigenvalue weighted by molar-refractivity contribution is -0.135. The zero-order valence-electron chi connectivity index (χ0n) is 14.1. The van der Waals surface area contributed by atoms with Crippen LogP contribution in [0.2, 0.25) is 0 Å². The number of furan rings is 1. The summed E-state index contributed by atoms with van der Waals surface area (Å²) in [6.07, 6.45) is 1.53. The van der Waals surface area contributed by atoms with E-state index in [0.717, 1.165) is 15.8 Å². The summed E-state index contributed by atoms with van der Waals surface area (Å²) in [6, 6.07) is 17.2. The van der Waals surface area contributed by atoms with Crippen molar-refractivity contribution >= 4 is 39.2 Å². The van der Waals surface area contributed by atoms with E-state index in [1.54, 1.807) is 30.3 Å². The molecule has 0 saturated carbocycles. The number of aliphatic carboxylic acids is 1. The van der Waals surface area contributed by atoms with Gasteiger partial charge in [0.25, 0.3) is 0 Å². The molecule has 4 aromatic rings. The molecular weight excluding hydrogens is 365 g/mol. The van der Waals surface area contributed by atoms with Crippen molar-refractivity contribution in [2.75, 3.05) is 0 Å². The van der Waals surface area contributed by atoms with Crippen LogP contribution in [0, 0.1) is 5.82 Å². The quantitative estimate of drug-likeness (QED) is 0.482. The summed E-state index contributed by atoms with van der Waals surface area (Å²) in [5.41, 5.74) is 2.15. The van der Waals surface area contributed by atoms with Crippen molar-refractivity contribution in [2.45, 2.75) is 6.42 Å². The highest BCUT2D eigenvalue weighted by Crippen LogP contribution is 2.31. The van der Waals surface area contributed by atoms with Crippen LogP contribution in [-0.4, -0.2) is 16.1 Å². The van der Waals surface area contributed by atoms with Gasteiger partial charge in [0, 0.05) is 11.1 Å². The number of hydrogen-bond acceptors (Lipinski definition) is 4. The van der Waals surface area contributed by atoms with Gasteiger partial charge in [-0.3, -0.25) is 4.79 Å². The van der Waals surface area contributed by atoms with Crippen molar-refractivity contribution in [1.82, 2.24) is 4.98 Å². The first kappa shape index (κ1) is 17.2. The number of carboxylic acids is 1. The van der Waals surface area contributed by atoms with E-state index in [4.69, 9.17) is 4.42 Å². The maximum Gasteiger partial charge on any atom is 0.307 e. The molecule has 0 radical (unpaired) electrons. The average molecular weight is 379 g/mol. The van der Waals surface area contributed by atoms with Crippen molar-refractivity contribution in [2.24, 2.45) is 0 Å². The summed E-state index contributed by atoms with van der Waals surface area (Å²) in [6.45, 7) is 0. The molecule has 27 heavy (non-hydrogen) atoms. The topological polar surface area (TPSA) is 63.3 Å². The summed E-state index contributed by atoms with van der Waals surface area (Å²) < 4.78 is 19.9. The average Bonchev–Trinajstić information content (AvgIpc) is 3.28. The predicted molar refractivity (Wildman–Crippen MR) is 104 cm³/mol. The first-order valence-electron chi connectivity index (χ1n) is 8.22. The van der Waals surface area contributed by atoms with Crippen LogP contribution in [-0.2, 0) is 4.79 Å². The second kappa shape index (κ2) is 7.17. The Kier molecular flexibility index (Phi) is 4.56. The van der Waals surface area contributed by atoms with Crippen LogP contribution in [0.3, 0.4) is 0 Å². The molecule has 2 heterocycles. The molecule has 0 aliphatic rings. The Balaban J connectivity index is 1.71. The summed E-state index contributed by atoms with van der Waals surface area (Å²) in [4.78, 5) is 15.9. The molecule has 0 saturated heterocycles. The lowest BCUT2D eigenvalue weighted by atomic mass is 10.1. The van der Waals surface area contributed by atoms with Gasteiger partial charge in [0.1, 0.15) is 22.3 Å². The Morgan fingerprint density at radius 2 is 1.89 bits per heavy atom. The van der Waals surface area contributed by atoms with Gasteiger partial charge in [-0.15, -0.1) is 11.3 Å². The maximum absolute atomic E-state index is 13.1. The van der Waals surface area contributed by atoms with Gasteiger partial charge in [0.15, 0.2) is 0 Å². The fraction of sp³-hybridized carbons (Fsp3) is 0.0476. The van der Waals surface area contributed by atoms with E-state index in [9.17, 15) is 14.3 Å². The number of carboxylic acid groups (broad SMARTS) is 1. The third-order valence-electron chi connectivity index (χ3n) is 3.98. The fourth-order valence-electron chi connectivity index (χ4n) is 2.73. The standard InChI is InChI=1S/C21H14FNO3S/c22-15-7-5-13(6-8-15)18-10-9-16(26-18)11-14(12-20(24)25)21-23-17-3-1-2-4-19(17)27-21/h1-11H,12H2,(H,24,25). The number of para-hydroxylation sites is 1. The summed E-state index contributed by atoms with van der Waals surface area (Å²) in [7, 11) is 0. The molecule has 2 aromatic carbocycles. The van der Waals surface area contributed by atoms with Crippen molar-refractivity contribution in [3.8, 4) is 11.3 Å². The van der Waals surface area contributed by atoms with Gasteiger partial charge < -0.3 is 9.52 Å². The van der Waals surface area contributed by atoms with Crippen LogP contribution >= 0.6 is 11.3 Å². The number of hydrogen-bond donors (Lipinski definition) is 1. The van der Waals surface area contributed by atoms with Crippen LogP contribution in [0.5, 0.6) is 0 Å². The highest BCUT2D eigenvalue weighted by Gasteiger charge is 2.14. The molecule has 0 spiro atoms. The van der Waals surface area contributed by atoms with Crippen LogP contribution in [0.1, 0.15) is 17.2 Å². The summed E-state index contributed by atoms with van der Waals surface area (Å²) >= 11 is 1.45. The lowest BCUT2D eigenvalue weighted by Crippen LogP contribution is -1.96. The number of aromatic nitrogens is 1. The van der Waals surface area contributed by atoms with Crippen LogP contribution in [0.4, 0.5) is 4.39 Å². The normalized spacial score (nSPS) is 11.8. The van der Waals surface area contributed by atoms with Crippen LogP contribution in [0.15, 0.2) is 65.1 Å². The molecule has 1 N–H and O–H groups in total. The SMILES string of the molecule is O=C(O)CC(=Cc1ccc(-c2ccc(F)cc2)o1)c1nc2ccccc2s1. The molecule has 4 rings (SSSR count). The number of benzene rings is 2. The zero-order valence-corrected chi connectivity index (χ0v) is 14.9. The number of fused-ring (bicyclic) bond motifs is 1. The molecule has 0 amide bonds. The number of rotatable bonds is 5. The first-order chi connectivity index (χ1) is 13.1. The van der Waals surface area contributed by atoms with Gasteiger partial charge in [-0.1, -0.05) is 12.1 Å². The summed E-state index contributed by atoms with van der Waals surface area (Å²) in [5.74, 6) is -0.152. The Morgan fingerprint density at radius 3 is 2.63 bits per heavy atom. The molecule has 4 nitrogen and oxygen atoms in total. The highest BCUT2D eigenvalue weighted by atomic mass is 32.1. The fourth-order valence-corrected chi connectivity index (χ4v) is 3.71. The van der Waals surface area contributed by atoms with Crippen molar-refractivity contribution in [1.29, 1.82) is 0 Å². The van der Waals surface area contributed by atoms with Gasteiger partial charge in [0.05, 0.1) is 16.6 Å². The van der Waals surface area contributed by atoms with E-state index < -0.39 is 5.97 Å².